The summed E-state index contributed by atoms with van der Waals surface area (Å²) in [5.41, 5.74) is 0.615. The maximum Gasteiger partial charge on any atom is 0.255 e. The van der Waals surface area contributed by atoms with Gasteiger partial charge in [-0.1, -0.05) is 5.92 Å². The molecule has 118 valence electrons. The lowest BCUT2D eigenvalue weighted by Crippen LogP contribution is -2.16. The quantitative estimate of drug-likeness (QED) is 0.862. The summed E-state index contributed by atoms with van der Waals surface area (Å²) in [6.45, 7) is 0.0224. The van der Waals surface area contributed by atoms with Crippen molar-refractivity contribution in [3.8, 4) is 18.1 Å². The average molecular weight is 313 g/mol. The van der Waals surface area contributed by atoms with E-state index in [4.69, 9.17) is 11.2 Å². The second kappa shape index (κ2) is 7.27. The van der Waals surface area contributed by atoms with Crippen LogP contribution < -0.4 is 15.0 Å². The Labute approximate surface area is 134 Å². The monoisotopic (exact) mass is 313 g/mol. The molecule has 0 atom stereocenters. The van der Waals surface area contributed by atoms with Gasteiger partial charge in [-0.25, -0.2) is 9.37 Å². The standard InChI is InChI=1S/C17H16FN3O2/c1-4-9-23-15-6-5-13(18)11-14(15)20-17(22)12-7-8-19-16(10-12)21(2)3/h1,5-8,10-11H,9H2,2-3H3,(H,20,22). The van der Waals surface area contributed by atoms with E-state index in [9.17, 15) is 9.18 Å². The number of hydrogen-bond acceptors (Lipinski definition) is 4. The summed E-state index contributed by atoms with van der Waals surface area (Å²) in [5, 5.41) is 2.62. The number of rotatable bonds is 5. The third-order valence-electron chi connectivity index (χ3n) is 2.97. The smallest absolute Gasteiger partial charge is 0.255 e. The van der Waals surface area contributed by atoms with Crippen LogP contribution in [0.5, 0.6) is 5.75 Å². The summed E-state index contributed by atoms with van der Waals surface area (Å²) >= 11 is 0. The van der Waals surface area contributed by atoms with E-state index in [1.54, 1.807) is 17.0 Å². The summed E-state index contributed by atoms with van der Waals surface area (Å²) in [5.74, 6) is 2.38. The number of pyridine rings is 1. The predicted octanol–water partition coefficient (Wildman–Crippen LogP) is 2.55. The van der Waals surface area contributed by atoms with Gasteiger partial charge >= 0.3 is 0 Å². The lowest BCUT2D eigenvalue weighted by molar-refractivity contribution is 0.102. The first-order chi connectivity index (χ1) is 11.0. The van der Waals surface area contributed by atoms with Gasteiger partial charge in [0.2, 0.25) is 0 Å². The molecule has 6 heteroatoms. The third kappa shape index (κ3) is 4.20. The van der Waals surface area contributed by atoms with E-state index in [1.165, 1.54) is 24.4 Å². The molecule has 1 N–H and O–H groups in total. The Morgan fingerprint density at radius 1 is 1.39 bits per heavy atom. The van der Waals surface area contributed by atoms with Crippen LogP contribution in [0.1, 0.15) is 10.4 Å². The maximum absolute atomic E-state index is 13.4. The van der Waals surface area contributed by atoms with Gasteiger partial charge in [0.25, 0.3) is 5.91 Å². The van der Waals surface area contributed by atoms with Gasteiger partial charge in [0.15, 0.2) is 0 Å². The molecule has 0 spiro atoms. The van der Waals surface area contributed by atoms with Gasteiger partial charge in [-0.05, 0) is 24.3 Å². The first-order valence-electron chi connectivity index (χ1n) is 6.82. The van der Waals surface area contributed by atoms with Gasteiger partial charge in [0.1, 0.15) is 24.0 Å². The summed E-state index contributed by atoms with van der Waals surface area (Å²) in [7, 11) is 3.64. The summed E-state index contributed by atoms with van der Waals surface area (Å²) in [4.78, 5) is 18.3. The van der Waals surface area contributed by atoms with E-state index in [0.717, 1.165) is 0 Å². The number of halogens is 1. The number of nitrogens with zero attached hydrogens (tertiary/aromatic N) is 2. The minimum atomic E-state index is -0.489. The van der Waals surface area contributed by atoms with Crippen LogP contribution in [0.2, 0.25) is 0 Å². The Hall–Kier alpha value is -3.07. The second-order valence-electron chi connectivity index (χ2n) is 4.88. The van der Waals surface area contributed by atoms with Crippen molar-refractivity contribution in [3.63, 3.8) is 0 Å². The number of amides is 1. The minimum absolute atomic E-state index is 0.0224. The lowest BCUT2D eigenvalue weighted by atomic mass is 10.2. The van der Waals surface area contributed by atoms with Gasteiger partial charge in [-0.3, -0.25) is 4.79 Å². The van der Waals surface area contributed by atoms with Crippen LogP contribution in [0.25, 0.3) is 0 Å². The fourth-order valence-electron chi connectivity index (χ4n) is 1.84. The third-order valence-corrected chi connectivity index (χ3v) is 2.97. The van der Waals surface area contributed by atoms with Crippen LogP contribution >= 0.6 is 0 Å². The molecule has 0 saturated carbocycles. The molecule has 23 heavy (non-hydrogen) atoms. The van der Waals surface area contributed by atoms with Crippen LogP contribution in [0.4, 0.5) is 15.9 Å². The van der Waals surface area contributed by atoms with Crippen LogP contribution in [-0.4, -0.2) is 31.6 Å². The highest BCUT2D eigenvalue weighted by molar-refractivity contribution is 6.05. The van der Waals surface area contributed by atoms with Gasteiger partial charge < -0.3 is 15.0 Å². The Bertz CT molecular complexity index is 754. The molecule has 0 saturated heterocycles. The van der Waals surface area contributed by atoms with Crippen molar-refractivity contribution in [2.24, 2.45) is 0 Å². The van der Waals surface area contributed by atoms with Gasteiger partial charge in [-0.2, -0.15) is 0 Å². The molecule has 0 aliphatic heterocycles. The minimum Gasteiger partial charge on any atom is -0.479 e. The topological polar surface area (TPSA) is 54.5 Å². The van der Waals surface area contributed by atoms with Crippen molar-refractivity contribution >= 4 is 17.4 Å². The van der Waals surface area contributed by atoms with Crippen molar-refractivity contribution in [2.45, 2.75) is 0 Å². The number of terminal acetylenes is 1. The SMILES string of the molecule is C#CCOc1ccc(F)cc1NC(=O)c1ccnc(N(C)C)c1. The number of anilines is 2. The number of nitrogens with one attached hydrogen (secondary N) is 1. The van der Waals surface area contributed by atoms with Gasteiger partial charge in [0.05, 0.1) is 5.69 Å². The normalized spacial score (nSPS) is 9.83. The Kier molecular flexibility index (Phi) is 5.15. The van der Waals surface area contributed by atoms with E-state index >= 15 is 0 Å². The molecule has 0 fully saturated rings. The highest BCUT2D eigenvalue weighted by atomic mass is 19.1. The molecule has 0 radical (unpaired) electrons. The maximum atomic E-state index is 13.4. The Morgan fingerprint density at radius 2 is 2.17 bits per heavy atom. The molecule has 1 aromatic carbocycles. The van der Waals surface area contributed by atoms with Crippen molar-refractivity contribution in [2.75, 3.05) is 30.9 Å². The summed E-state index contributed by atoms with van der Waals surface area (Å²) in [6, 6.07) is 7.04. The van der Waals surface area contributed by atoms with E-state index in [0.29, 0.717) is 17.1 Å². The largest absolute Gasteiger partial charge is 0.479 e. The molecular formula is C17H16FN3O2. The molecule has 0 aliphatic carbocycles. The summed E-state index contributed by atoms with van der Waals surface area (Å²) < 4.78 is 18.7. The van der Waals surface area contributed by atoms with Gasteiger partial charge in [-0.15, -0.1) is 6.42 Å². The van der Waals surface area contributed by atoms with Gasteiger partial charge in [0, 0.05) is 31.9 Å². The number of aromatic nitrogens is 1. The molecule has 1 amide bonds. The number of ether oxygens (including phenoxy) is 1. The fourth-order valence-corrected chi connectivity index (χ4v) is 1.84. The Balaban J connectivity index is 2.24. The van der Waals surface area contributed by atoms with Crippen LogP contribution in [0, 0.1) is 18.2 Å². The first kappa shape index (κ1) is 16.3. The Morgan fingerprint density at radius 3 is 2.87 bits per heavy atom. The van der Waals surface area contributed by atoms with Crippen LogP contribution in [0.15, 0.2) is 36.5 Å². The number of carbonyl (C=O) groups is 1. The predicted molar refractivity (Wildman–Crippen MR) is 87.2 cm³/mol. The van der Waals surface area contributed by atoms with Crippen molar-refractivity contribution < 1.29 is 13.9 Å². The number of benzene rings is 1. The van der Waals surface area contributed by atoms with Crippen molar-refractivity contribution in [3.05, 3.63) is 47.9 Å². The molecule has 1 aromatic heterocycles. The molecule has 0 aliphatic rings. The highest BCUT2D eigenvalue weighted by Crippen LogP contribution is 2.26. The molecule has 2 aromatic rings. The zero-order chi connectivity index (χ0) is 16.8. The van der Waals surface area contributed by atoms with Crippen molar-refractivity contribution in [1.29, 1.82) is 0 Å². The lowest BCUT2D eigenvalue weighted by Gasteiger charge is -2.13. The zero-order valence-corrected chi connectivity index (χ0v) is 12.8. The average Bonchev–Trinajstić information content (AvgIpc) is 2.54. The van der Waals surface area contributed by atoms with E-state index in [-0.39, 0.29) is 12.3 Å². The molecule has 1 heterocycles. The molecule has 0 bridgehead atoms. The molecule has 0 unspecified atom stereocenters. The zero-order valence-electron chi connectivity index (χ0n) is 12.8. The van der Waals surface area contributed by atoms with Crippen molar-refractivity contribution in [1.82, 2.24) is 4.98 Å². The van der Waals surface area contributed by atoms with E-state index < -0.39 is 11.7 Å². The van der Waals surface area contributed by atoms with Crippen LogP contribution in [0.3, 0.4) is 0 Å². The number of hydrogen-bond donors (Lipinski definition) is 1. The first-order valence-corrected chi connectivity index (χ1v) is 6.82. The van der Waals surface area contributed by atoms with E-state index in [2.05, 4.69) is 16.2 Å². The summed E-state index contributed by atoms with van der Waals surface area (Å²) in [6.07, 6.45) is 6.68. The highest BCUT2D eigenvalue weighted by Gasteiger charge is 2.12. The van der Waals surface area contributed by atoms with E-state index in [1.807, 2.05) is 14.1 Å². The second-order valence-corrected chi connectivity index (χ2v) is 4.88. The van der Waals surface area contributed by atoms with Crippen LogP contribution in [-0.2, 0) is 0 Å². The molecule has 5 nitrogen and oxygen atoms in total. The molecule has 2 rings (SSSR count). The molecular weight excluding hydrogens is 297 g/mol. The number of carbonyl (C=O) groups excluding carboxylic acids is 1. The fraction of sp³-hybridized carbons (Fsp3) is 0.176.